The average molecular weight is 319 g/mol. The molecule has 0 atom stereocenters. The van der Waals surface area contributed by atoms with Crippen molar-refractivity contribution in [2.75, 3.05) is 0 Å². The van der Waals surface area contributed by atoms with Crippen LogP contribution in [0.15, 0.2) is 41.5 Å². The lowest BCUT2D eigenvalue weighted by molar-refractivity contribution is 0.0698. The number of aromatic nitrogens is 4. The van der Waals surface area contributed by atoms with E-state index in [0.29, 0.717) is 15.5 Å². The molecule has 0 aliphatic rings. The van der Waals surface area contributed by atoms with Crippen LogP contribution in [0.25, 0.3) is 16.6 Å². The number of halogens is 1. The third kappa shape index (κ3) is 1.97. The van der Waals surface area contributed by atoms with Crippen LogP contribution in [0.1, 0.15) is 10.4 Å². The number of aromatic carboxylic acids is 1. The summed E-state index contributed by atoms with van der Waals surface area (Å²) in [4.78, 5) is 19.1. The number of fused-ring (bicyclic) bond motifs is 1. The van der Waals surface area contributed by atoms with Crippen molar-refractivity contribution in [3.63, 3.8) is 0 Å². The zero-order chi connectivity index (χ0) is 13.4. The number of carboxylic acids is 1. The fourth-order valence-electron chi connectivity index (χ4n) is 1.84. The number of pyridine rings is 2. The van der Waals surface area contributed by atoms with Crippen LogP contribution in [-0.2, 0) is 0 Å². The lowest BCUT2D eigenvalue weighted by Gasteiger charge is -2.03. The van der Waals surface area contributed by atoms with Crippen LogP contribution in [0.2, 0.25) is 0 Å². The van der Waals surface area contributed by atoms with Crippen molar-refractivity contribution in [1.29, 1.82) is 0 Å². The lowest BCUT2D eigenvalue weighted by atomic mass is 10.2. The predicted octanol–water partition coefficient (Wildman–Crippen LogP) is 2.28. The molecule has 0 bridgehead atoms. The van der Waals surface area contributed by atoms with Crippen LogP contribution in [0, 0.1) is 0 Å². The Labute approximate surface area is 115 Å². The zero-order valence-corrected chi connectivity index (χ0v) is 11.1. The lowest BCUT2D eigenvalue weighted by Crippen LogP contribution is -2.00. The fourth-order valence-corrected chi connectivity index (χ4v) is 2.19. The molecule has 1 N–H and O–H groups in total. The molecule has 3 aromatic rings. The molecule has 0 spiro atoms. The average Bonchev–Trinajstić information content (AvgIpc) is 2.82. The molecule has 3 aromatic heterocycles. The molecule has 0 radical (unpaired) electrons. The Morgan fingerprint density at radius 2 is 2.16 bits per heavy atom. The van der Waals surface area contributed by atoms with Crippen LogP contribution in [-0.4, -0.2) is 30.8 Å². The van der Waals surface area contributed by atoms with Crippen molar-refractivity contribution in [2.24, 2.45) is 0 Å². The fraction of sp³-hybridized carbons (Fsp3) is 0. The largest absolute Gasteiger partial charge is 0.478 e. The summed E-state index contributed by atoms with van der Waals surface area (Å²) >= 11 is 3.29. The Kier molecular flexibility index (Phi) is 2.75. The summed E-state index contributed by atoms with van der Waals surface area (Å²) in [7, 11) is 0. The molecule has 94 valence electrons. The Balaban J connectivity index is 2.27. The van der Waals surface area contributed by atoms with Gasteiger partial charge >= 0.3 is 5.97 Å². The number of nitrogens with zero attached hydrogens (tertiary/aromatic N) is 4. The van der Waals surface area contributed by atoms with Gasteiger partial charge in [-0.3, -0.25) is 4.98 Å². The molecule has 7 heteroatoms. The van der Waals surface area contributed by atoms with Gasteiger partial charge in [0.25, 0.3) is 0 Å². The summed E-state index contributed by atoms with van der Waals surface area (Å²) in [5, 5.41) is 13.9. The molecule has 6 nitrogen and oxygen atoms in total. The second kappa shape index (κ2) is 4.43. The molecule has 0 saturated heterocycles. The van der Waals surface area contributed by atoms with E-state index in [0.717, 1.165) is 5.69 Å². The van der Waals surface area contributed by atoms with E-state index in [2.05, 4.69) is 31.0 Å². The van der Waals surface area contributed by atoms with Gasteiger partial charge in [-0.05, 0) is 28.1 Å². The van der Waals surface area contributed by atoms with Crippen molar-refractivity contribution < 1.29 is 9.90 Å². The summed E-state index contributed by atoms with van der Waals surface area (Å²) in [6.07, 6.45) is 6.07. The van der Waals surface area contributed by atoms with E-state index in [1.165, 1.54) is 12.4 Å². The number of hydrogen-bond acceptors (Lipinski definition) is 4. The minimum Gasteiger partial charge on any atom is -0.478 e. The number of carboxylic acid groups (broad SMARTS) is 1. The summed E-state index contributed by atoms with van der Waals surface area (Å²) in [5.41, 5.74) is 1.55. The zero-order valence-electron chi connectivity index (χ0n) is 9.49. The predicted molar refractivity (Wildman–Crippen MR) is 71.3 cm³/mol. The third-order valence-corrected chi connectivity index (χ3v) is 3.12. The first-order valence-electron chi connectivity index (χ1n) is 5.34. The number of carbonyl (C=O) groups is 1. The molecular formula is C12H7BrN4O2. The Bertz CT molecular complexity index is 784. The minimum absolute atomic E-state index is 0.136. The van der Waals surface area contributed by atoms with E-state index in [1.54, 1.807) is 29.2 Å². The second-order valence-corrected chi connectivity index (χ2v) is 4.63. The van der Waals surface area contributed by atoms with Gasteiger partial charge in [0.05, 0.1) is 29.2 Å². The highest BCUT2D eigenvalue weighted by Gasteiger charge is 2.13. The van der Waals surface area contributed by atoms with Crippen LogP contribution < -0.4 is 0 Å². The maximum atomic E-state index is 11.1. The maximum Gasteiger partial charge on any atom is 0.338 e. The SMILES string of the molecule is O=C(O)c1cncc2c1cnn2-c1ccnc(Br)c1. The van der Waals surface area contributed by atoms with Gasteiger partial charge in [0.2, 0.25) is 0 Å². The van der Waals surface area contributed by atoms with E-state index in [9.17, 15) is 4.79 Å². The van der Waals surface area contributed by atoms with Crippen molar-refractivity contribution in [3.8, 4) is 5.69 Å². The van der Waals surface area contributed by atoms with Gasteiger partial charge < -0.3 is 5.11 Å². The third-order valence-electron chi connectivity index (χ3n) is 2.68. The van der Waals surface area contributed by atoms with E-state index in [1.807, 2.05) is 0 Å². The van der Waals surface area contributed by atoms with E-state index < -0.39 is 5.97 Å². The van der Waals surface area contributed by atoms with Gasteiger partial charge in [-0.2, -0.15) is 5.10 Å². The first-order valence-corrected chi connectivity index (χ1v) is 6.13. The molecule has 0 fully saturated rings. The van der Waals surface area contributed by atoms with Crippen LogP contribution >= 0.6 is 15.9 Å². The molecule has 0 saturated carbocycles. The summed E-state index contributed by atoms with van der Waals surface area (Å²) in [6, 6.07) is 3.57. The first kappa shape index (κ1) is 11.8. The van der Waals surface area contributed by atoms with Crippen LogP contribution in [0.5, 0.6) is 0 Å². The van der Waals surface area contributed by atoms with Gasteiger partial charge in [-0.1, -0.05) is 0 Å². The van der Waals surface area contributed by atoms with Crippen LogP contribution in [0.3, 0.4) is 0 Å². The minimum atomic E-state index is -1.02. The van der Waals surface area contributed by atoms with Crippen LogP contribution in [0.4, 0.5) is 0 Å². The van der Waals surface area contributed by atoms with Gasteiger partial charge in [-0.25, -0.2) is 14.5 Å². The summed E-state index contributed by atoms with van der Waals surface area (Å²) in [5.74, 6) is -1.02. The van der Waals surface area contributed by atoms with Gasteiger partial charge in [0.15, 0.2) is 0 Å². The first-order chi connectivity index (χ1) is 9.16. The summed E-state index contributed by atoms with van der Waals surface area (Å²) in [6.45, 7) is 0. The highest BCUT2D eigenvalue weighted by atomic mass is 79.9. The smallest absolute Gasteiger partial charge is 0.338 e. The maximum absolute atomic E-state index is 11.1. The van der Waals surface area contributed by atoms with Gasteiger partial charge in [0, 0.05) is 17.8 Å². The monoisotopic (exact) mass is 318 g/mol. The van der Waals surface area contributed by atoms with Gasteiger partial charge in [-0.15, -0.1) is 0 Å². The van der Waals surface area contributed by atoms with Gasteiger partial charge in [0.1, 0.15) is 4.60 Å². The molecule has 0 aliphatic carbocycles. The normalized spacial score (nSPS) is 10.8. The standard InChI is InChI=1S/C12H7BrN4O2/c13-11-3-7(1-2-15-11)17-10-6-14-4-9(12(18)19)8(10)5-16-17/h1-6H,(H,18,19). The molecule has 0 aliphatic heterocycles. The Morgan fingerprint density at radius 3 is 2.89 bits per heavy atom. The topological polar surface area (TPSA) is 80.9 Å². The number of rotatable bonds is 2. The van der Waals surface area contributed by atoms with E-state index >= 15 is 0 Å². The molecule has 3 rings (SSSR count). The molecule has 3 heterocycles. The highest BCUT2D eigenvalue weighted by Crippen LogP contribution is 2.21. The van der Waals surface area contributed by atoms with Crippen molar-refractivity contribution in [1.82, 2.24) is 19.7 Å². The molecular weight excluding hydrogens is 312 g/mol. The van der Waals surface area contributed by atoms with Crippen molar-refractivity contribution >= 4 is 32.8 Å². The van der Waals surface area contributed by atoms with Crippen molar-refractivity contribution in [3.05, 3.63) is 47.1 Å². The van der Waals surface area contributed by atoms with E-state index in [-0.39, 0.29) is 5.56 Å². The number of hydrogen-bond donors (Lipinski definition) is 1. The Morgan fingerprint density at radius 1 is 1.32 bits per heavy atom. The molecule has 19 heavy (non-hydrogen) atoms. The van der Waals surface area contributed by atoms with Crippen molar-refractivity contribution in [2.45, 2.75) is 0 Å². The second-order valence-electron chi connectivity index (χ2n) is 3.82. The molecule has 0 aromatic carbocycles. The quantitative estimate of drug-likeness (QED) is 0.733. The molecule has 0 unspecified atom stereocenters. The highest BCUT2D eigenvalue weighted by molar-refractivity contribution is 9.10. The Hall–Kier alpha value is -2.28. The molecule has 0 amide bonds. The summed E-state index contributed by atoms with van der Waals surface area (Å²) < 4.78 is 2.30. The van der Waals surface area contributed by atoms with E-state index in [4.69, 9.17) is 5.11 Å².